The smallest absolute Gasteiger partial charge is 0.243 e. The average Bonchev–Trinajstić information content (AvgIpc) is 2.98. The molecule has 0 radical (unpaired) electrons. The molecule has 23 heavy (non-hydrogen) atoms. The number of carbonyl (C=O) groups excluding carboxylic acids is 2. The van der Waals surface area contributed by atoms with Gasteiger partial charge in [-0.25, -0.2) is 0 Å². The van der Waals surface area contributed by atoms with E-state index in [0.29, 0.717) is 6.42 Å². The van der Waals surface area contributed by atoms with Gasteiger partial charge in [0, 0.05) is 13.0 Å². The van der Waals surface area contributed by atoms with E-state index >= 15 is 0 Å². The normalized spacial score (nSPS) is 23.4. The lowest BCUT2D eigenvalue weighted by molar-refractivity contribution is -0.142. The molecule has 0 aromatic heterocycles. The second-order valence-electron chi connectivity index (χ2n) is 6.65. The Bertz CT molecular complexity index is 584. The molecule has 4 nitrogen and oxygen atoms in total. The number of carbonyl (C=O) groups is 2. The molecule has 2 unspecified atom stereocenters. The van der Waals surface area contributed by atoms with Gasteiger partial charge in [-0.1, -0.05) is 31.2 Å². The van der Waals surface area contributed by atoms with Gasteiger partial charge in [0.2, 0.25) is 11.8 Å². The molecule has 2 atom stereocenters. The largest absolute Gasteiger partial charge is 0.347 e. The van der Waals surface area contributed by atoms with Gasteiger partial charge in [-0.15, -0.1) is 0 Å². The molecule has 2 aliphatic rings. The van der Waals surface area contributed by atoms with Gasteiger partial charge in [0.15, 0.2) is 0 Å². The van der Waals surface area contributed by atoms with Gasteiger partial charge in [0.05, 0.1) is 6.04 Å². The van der Waals surface area contributed by atoms with Gasteiger partial charge in [0.1, 0.15) is 6.04 Å². The minimum Gasteiger partial charge on any atom is -0.347 e. The standard InChI is InChI=1S/C19H26N2O2/c1-2-7-18(22)21-13-6-5-10-17(21)19(23)20-16-12-11-14-8-3-4-9-15(14)16/h3-4,8-9,16-17H,2,5-7,10-13H2,1H3,(H,20,23). The first-order chi connectivity index (χ1) is 11.2. The Kier molecular flexibility index (Phi) is 4.99. The van der Waals surface area contributed by atoms with Crippen molar-refractivity contribution in [3.63, 3.8) is 0 Å². The highest BCUT2D eigenvalue weighted by Crippen LogP contribution is 2.31. The summed E-state index contributed by atoms with van der Waals surface area (Å²) >= 11 is 0. The first-order valence-electron chi connectivity index (χ1n) is 8.88. The molecule has 1 aromatic rings. The third kappa shape index (κ3) is 3.41. The van der Waals surface area contributed by atoms with Crippen molar-refractivity contribution < 1.29 is 9.59 Å². The van der Waals surface area contributed by atoms with Gasteiger partial charge >= 0.3 is 0 Å². The van der Waals surface area contributed by atoms with Crippen LogP contribution in [-0.2, 0) is 16.0 Å². The van der Waals surface area contributed by atoms with Crippen molar-refractivity contribution in [3.8, 4) is 0 Å². The van der Waals surface area contributed by atoms with E-state index in [4.69, 9.17) is 0 Å². The SMILES string of the molecule is CCCC(=O)N1CCCCC1C(=O)NC1CCc2ccccc21. The second kappa shape index (κ2) is 7.16. The lowest BCUT2D eigenvalue weighted by Gasteiger charge is -2.35. The third-order valence-electron chi connectivity index (χ3n) is 5.04. The van der Waals surface area contributed by atoms with E-state index in [1.54, 1.807) is 0 Å². The molecule has 0 spiro atoms. The number of benzene rings is 1. The monoisotopic (exact) mass is 314 g/mol. The Morgan fingerprint density at radius 3 is 2.87 bits per heavy atom. The molecular formula is C19H26N2O2. The number of likely N-dealkylation sites (tertiary alicyclic amines) is 1. The molecule has 1 aliphatic heterocycles. The zero-order valence-corrected chi connectivity index (χ0v) is 13.9. The summed E-state index contributed by atoms with van der Waals surface area (Å²) in [6.07, 6.45) is 6.16. The molecule has 1 heterocycles. The Hall–Kier alpha value is -1.84. The summed E-state index contributed by atoms with van der Waals surface area (Å²) in [5.41, 5.74) is 2.57. The lowest BCUT2D eigenvalue weighted by Crippen LogP contribution is -2.52. The zero-order valence-electron chi connectivity index (χ0n) is 13.9. The molecular weight excluding hydrogens is 288 g/mol. The predicted octanol–water partition coefficient (Wildman–Crippen LogP) is 2.97. The quantitative estimate of drug-likeness (QED) is 0.929. The summed E-state index contributed by atoms with van der Waals surface area (Å²) in [5.74, 6) is 0.148. The highest BCUT2D eigenvalue weighted by Gasteiger charge is 2.33. The van der Waals surface area contributed by atoms with Crippen LogP contribution in [0.4, 0.5) is 0 Å². The Morgan fingerprint density at radius 2 is 2.04 bits per heavy atom. The van der Waals surface area contributed by atoms with Crippen LogP contribution >= 0.6 is 0 Å². The number of piperidine rings is 1. The van der Waals surface area contributed by atoms with E-state index in [9.17, 15) is 9.59 Å². The molecule has 1 aromatic carbocycles. The number of fused-ring (bicyclic) bond motifs is 1. The first-order valence-corrected chi connectivity index (χ1v) is 8.88. The molecule has 0 saturated carbocycles. The van der Waals surface area contributed by atoms with Crippen LogP contribution in [0.25, 0.3) is 0 Å². The summed E-state index contributed by atoms with van der Waals surface area (Å²) in [5, 5.41) is 3.20. The highest BCUT2D eigenvalue weighted by atomic mass is 16.2. The molecule has 4 heteroatoms. The first kappa shape index (κ1) is 16.0. The van der Waals surface area contributed by atoms with E-state index < -0.39 is 0 Å². The molecule has 1 aliphatic carbocycles. The van der Waals surface area contributed by atoms with Crippen LogP contribution in [0, 0.1) is 0 Å². The lowest BCUT2D eigenvalue weighted by atomic mass is 9.99. The van der Waals surface area contributed by atoms with Crippen molar-refractivity contribution >= 4 is 11.8 Å². The average molecular weight is 314 g/mol. The Morgan fingerprint density at radius 1 is 1.22 bits per heavy atom. The number of nitrogens with one attached hydrogen (secondary N) is 1. The maximum Gasteiger partial charge on any atom is 0.243 e. The summed E-state index contributed by atoms with van der Waals surface area (Å²) < 4.78 is 0. The van der Waals surface area contributed by atoms with E-state index in [1.165, 1.54) is 11.1 Å². The van der Waals surface area contributed by atoms with E-state index in [2.05, 4.69) is 23.5 Å². The van der Waals surface area contributed by atoms with Gasteiger partial charge in [-0.2, -0.15) is 0 Å². The van der Waals surface area contributed by atoms with Crippen LogP contribution in [-0.4, -0.2) is 29.3 Å². The van der Waals surface area contributed by atoms with Crippen LogP contribution in [0.1, 0.15) is 62.6 Å². The topological polar surface area (TPSA) is 49.4 Å². The van der Waals surface area contributed by atoms with Gasteiger partial charge < -0.3 is 10.2 Å². The van der Waals surface area contributed by atoms with Gasteiger partial charge in [-0.3, -0.25) is 9.59 Å². The van der Waals surface area contributed by atoms with Crippen molar-refractivity contribution in [3.05, 3.63) is 35.4 Å². The number of nitrogens with zero attached hydrogens (tertiary/aromatic N) is 1. The highest BCUT2D eigenvalue weighted by molar-refractivity contribution is 5.88. The Labute approximate surface area is 138 Å². The minimum absolute atomic E-state index is 0.0239. The van der Waals surface area contributed by atoms with Crippen molar-refractivity contribution in [1.29, 1.82) is 0 Å². The molecule has 1 fully saturated rings. The Balaban J connectivity index is 1.68. The summed E-state index contributed by atoms with van der Waals surface area (Å²) in [6.45, 7) is 2.73. The molecule has 124 valence electrons. The predicted molar refractivity (Wildman–Crippen MR) is 89.9 cm³/mol. The fourth-order valence-corrected chi connectivity index (χ4v) is 3.84. The molecule has 1 N–H and O–H groups in total. The van der Waals surface area contributed by atoms with Crippen LogP contribution < -0.4 is 5.32 Å². The van der Waals surface area contributed by atoms with Gasteiger partial charge in [0.25, 0.3) is 0 Å². The van der Waals surface area contributed by atoms with Crippen LogP contribution in [0.3, 0.4) is 0 Å². The molecule has 0 bridgehead atoms. The zero-order chi connectivity index (χ0) is 16.2. The van der Waals surface area contributed by atoms with Gasteiger partial charge in [-0.05, 0) is 49.7 Å². The molecule has 2 amide bonds. The minimum atomic E-state index is -0.282. The third-order valence-corrected chi connectivity index (χ3v) is 5.04. The fraction of sp³-hybridized carbons (Fsp3) is 0.579. The maximum atomic E-state index is 12.8. The van der Waals surface area contributed by atoms with Crippen LogP contribution in [0.5, 0.6) is 0 Å². The van der Waals surface area contributed by atoms with Crippen molar-refractivity contribution in [2.75, 3.05) is 6.54 Å². The molecule has 1 saturated heterocycles. The maximum absolute atomic E-state index is 12.8. The van der Waals surface area contributed by atoms with Crippen molar-refractivity contribution in [2.45, 2.75) is 64.0 Å². The number of hydrogen-bond donors (Lipinski definition) is 1. The molecule has 3 rings (SSSR count). The van der Waals surface area contributed by atoms with Crippen molar-refractivity contribution in [2.24, 2.45) is 0 Å². The second-order valence-corrected chi connectivity index (χ2v) is 6.65. The van der Waals surface area contributed by atoms with E-state index in [1.807, 2.05) is 17.9 Å². The summed E-state index contributed by atoms with van der Waals surface area (Å²) in [7, 11) is 0. The summed E-state index contributed by atoms with van der Waals surface area (Å²) in [4.78, 5) is 26.9. The van der Waals surface area contributed by atoms with E-state index in [-0.39, 0.29) is 23.9 Å². The van der Waals surface area contributed by atoms with E-state index in [0.717, 1.165) is 45.1 Å². The van der Waals surface area contributed by atoms with Crippen LogP contribution in [0.15, 0.2) is 24.3 Å². The number of aryl methyl sites for hydroxylation is 1. The number of hydrogen-bond acceptors (Lipinski definition) is 2. The fourth-order valence-electron chi connectivity index (χ4n) is 3.84. The number of rotatable bonds is 4. The van der Waals surface area contributed by atoms with Crippen molar-refractivity contribution in [1.82, 2.24) is 10.2 Å². The van der Waals surface area contributed by atoms with Crippen LogP contribution in [0.2, 0.25) is 0 Å². The summed E-state index contributed by atoms with van der Waals surface area (Å²) in [6, 6.07) is 8.14. The number of amides is 2.